The molecular weight excluding hydrogens is 647 g/mol. The largest absolute Gasteiger partial charge is 0.310 e. The quantitative estimate of drug-likeness (QED) is 0.160. The molecule has 254 valence electrons. The summed E-state index contributed by atoms with van der Waals surface area (Å²) in [5, 5.41) is 2.40. The molecule has 0 atom stereocenters. The van der Waals surface area contributed by atoms with Crippen molar-refractivity contribution in [2.45, 2.75) is 19.8 Å². The van der Waals surface area contributed by atoms with Crippen molar-refractivity contribution in [3.8, 4) is 39.9 Å². The maximum absolute atomic E-state index is 4.95. The number of anilines is 3. The molecule has 0 fully saturated rings. The van der Waals surface area contributed by atoms with Crippen LogP contribution in [0.25, 0.3) is 61.7 Å². The molecule has 0 N–H and O–H groups in total. The number of rotatable bonds is 8. The molecule has 53 heavy (non-hydrogen) atoms. The fraction of sp³-hybridized carbons (Fsp3) is 0.0625. The van der Waals surface area contributed by atoms with E-state index in [-0.39, 0.29) is 0 Å². The van der Waals surface area contributed by atoms with E-state index in [4.69, 9.17) is 15.0 Å². The van der Waals surface area contributed by atoms with Crippen molar-refractivity contribution < 1.29 is 0 Å². The zero-order valence-corrected chi connectivity index (χ0v) is 29.6. The van der Waals surface area contributed by atoms with Crippen LogP contribution in [0.1, 0.15) is 25.3 Å². The van der Waals surface area contributed by atoms with Crippen molar-refractivity contribution in [3.63, 3.8) is 0 Å². The Hall–Kier alpha value is -6.85. The minimum atomic E-state index is 0.474. The third-order valence-corrected chi connectivity index (χ3v) is 9.83. The molecule has 0 radical (unpaired) electrons. The summed E-state index contributed by atoms with van der Waals surface area (Å²) in [6.45, 7) is 4.47. The Morgan fingerprint density at radius 3 is 1.47 bits per heavy atom. The van der Waals surface area contributed by atoms with Crippen LogP contribution in [0.2, 0.25) is 0 Å². The highest BCUT2D eigenvalue weighted by Gasteiger charge is 2.18. The van der Waals surface area contributed by atoms with Gasteiger partial charge in [0.05, 0.1) is 11.0 Å². The lowest BCUT2D eigenvalue weighted by atomic mass is 10.0. The smallest absolute Gasteiger partial charge is 0.164 e. The summed E-state index contributed by atoms with van der Waals surface area (Å²) >= 11 is 0. The van der Waals surface area contributed by atoms with E-state index in [2.05, 4.69) is 145 Å². The summed E-state index contributed by atoms with van der Waals surface area (Å²) in [6, 6.07) is 63.7. The van der Waals surface area contributed by atoms with Gasteiger partial charge < -0.3 is 9.47 Å². The third kappa shape index (κ3) is 6.13. The Kier molecular flexibility index (Phi) is 8.29. The minimum absolute atomic E-state index is 0.474. The van der Waals surface area contributed by atoms with Crippen molar-refractivity contribution in [2.24, 2.45) is 0 Å². The van der Waals surface area contributed by atoms with Crippen LogP contribution in [0.3, 0.4) is 0 Å². The standard InChI is InChI=1S/C48H37N5/c1-33(2)34-22-26-39(27-23-34)52(38-18-10-5-11-19-38)41-30-31-45-43(32-41)42-20-12-13-21-44(42)53(45)40-28-24-37(25-29-40)48-50-46(35-14-6-3-7-15-35)49-47(51-48)36-16-8-4-9-17-36/h3-33H,1-2H3. The van der Waals surface area contributed by atoms with Crippen molar-refractivity contribution >= 4 is 38.9 Å². The maximum Gasteiger partial charge on any atom is 0.164 e. The molecule has 0 amide bonds. The summed E-state index contributed by atoms with van der Waals surface area (Å²) in [5.74, 6) is 2.41. The molecule has 9 rings (SSSR count). The van der Waals surface area contributed by atoms with Gasteiger partial charge in [0.2, 0.25) is 0 Å². The number of para-hydroxylation sites is 2. The Labute approximate surface area is 309 Å². The van der Waals surface area contributed by atoms with Crippen LogP contribution >= 0.6 is 0 Å². The number of nitrogens with zero attached hydrogens (tertiary/aromatic N) is 5. The summed E-state index contributed by atoms with van der Waals surface area (Å²) in [7, 11) is 0. The first-order chi connectivity index (χ1) is 26.1. The van der Waals surface area contributed by atoms with Gasteiger partial charge in [-0.25, -0.2) is 15.0 Å². The van der Waals surface area contributed by atoms with Gasteiger partial charge in [-0.15, -0.1) is 0 Å². The van der Waals surface area contributed by atoms with E-state index in [9.17, 15) is 0 Å². The van der Waals surface area contributed by atoms with Crippen LogP contribution in [-0.2, 0) is 0 Å². The predicted molar refractivity (Wildman–Crippen MR) is 219 cm³/mol. The molecule has 0 aliphatic carbocycles. The van der Waals surface area contributed by atoms with Crippen LogP contribution in [0.15, 0.2) is 182 Å². The molecule has 0 unspecified atom stereocenters. The molecular formula is C48H37N5. The highest BCUT2D eigenvalue weighted by molar-refractivity contribution is 6.10. The number of aromatic nitrogens is 4. The Morgan fingerprint density at radius 1 is 0.415 bits per heavy atom. The van der Waals surface area contributed by atoms with Crippen molar-refractivity contribution in [1.82, 2.24) is 19.5 Å². The van der Waals surface area contributed by atoms with Crippen LogP contribution < -0.4 is 4.90 Å². The van der Waals surface area contributed by atoms with Crippen molar-refractivity contribution in [1.29, 1.82) is 0 Å². The van der Waals surface area contributed by atoms with Gasteiger partial charge in [0.15, 0.2) is 17.5 Å². The molecule has 0 saturated carbocycles. The first kappa shape index (κ1) is 32.1. The number of benzene rings is 7. The second-order valence-corrected chi connectivity index (χ2v) is 13.6. The first-order valence-corrected chi connectivity index (χ1v) is 18.1. The normalized spacial score (nSPS) is 11.4. The molecule has 0 bridgehead atoms. The minimum Gasteiger partial charge on any atom is -0.310 e. The van der Waals surface area contributed by atoms with Crippen LogP contribution in [0, 0.1) is 0 Å². The van der Waals surface area contributed by atoms with E-state index in [1.54, 1.807) is 0 Å². The third-order valence-electron chi connectivity index (χ3n) is 9.83. The van der Waals surface area contributed by atoms with Gasteiger partial charge in [0.1, 0.15) is 0 Å². The molecule has 2 heterocycles. The van der Waals surface area contributed by atoms with Crippen LogP contribution in [0.4, 0.5) is 17.1 Å². The lowest BCUT2D eigenvalue weighted by Crippen LogP contribution is -2.10. The van der Waals surface area contributed by atoms with Gasteiger partial charge in [-0.2, -0.15) is 0 Å². The molecule has 7 aromatic carbocycles. The SMILES string of the molecule is CC(C)c1ccc(N(c2ccccc2)c2ccc3c(c2)c2ccccc2n3-c2ccc(-c3nc(-c4ccccc4)nc(-c4ccccc4)n3)cc2)cc1. The number of hydrogen-bond donors (Lipinski definition) is 0. The van der Waals surface area contributed by atoms with Crippen LogP contribution in [-0.4, -0.2) is 19.5 Å². The lowest BCUT2D eigenvalue weighted by molar-refractivity contribution is 0.866. The topological polar surface area (TPSA) is 46.8 Å². The zero-order chi connectivity index (χ0) is 35.7. The van der Waals surface area contributed by atoms with Crippen molar-refractivity contribution in [2.75, 3.05) is 4.90 Å². The number of fused-ring (bicyclic) bond motifs is 3. The first-order valence-electron chi connectivity index (χ1n) is 18.1. The predicted octanol–water partition coefficient (Wildman–Crippen LogP) is 12.6. The second-order valence-electron chi connectivity index (χ2n) is 13.6. The molecule has 9 aromatic rings. The summed E-state index contributed by atoms with van der Waals surface area (Å²) in [4.78, 5) is 17.1. The van der Waals surface area contributed by atoms with E-state index in [0.29, 0.717) is 23.4 Å². The monoisotopic (exact) mass is 683 g/mol. The van der Waals surface area contributed by atoms with Gasteiger partial charge in [-0.1, -0.05) is 123 Å². The number of hydrogen-bond acceptors (Lipinski definition) is 4. The summed E-state index contributed by atoms with van der Waals surface area (Å²) in [5.41, 5.74) is 10.9. The van der Waals surface area contributed by atoms with Gasteiger partial charge >= 0.3 is 0 Å². The highest BCUT2D eigenvalue weighted by Crippen LogP contribution is 2.40. The van der Waals surface area contributed by atoms with Gasteiger partial charge in [0, 0.05) is 50.2 Å². The molecule has 0 aliphatic heterocycles. The maximum atomic E-state index is 4.95. The Morgan fingerprint density at radius 2 is 0.887 bits per heavy atom. The second kappa shape index (κ2) is 13.7. The van der Waals surface area contributed by atoms with E-state index < -0.39 is 0 Å². The molecule has 5 nitrogen and oxygen atoms in total. The van der Waals surface area contributed by atoms with Gasteiger partial charge in [0.25, 0.3) is 0 Å². The van der Waals surface area contributed by atoms with Crippen molar-refractivity contribution in [3.05, 3.63) is 188 Å². The summed E-state index contributed by atoms with van der Waals surface area (Å²) in [6.07, 6.45) is 0. The molecule has 0 saturated heterocycles. The van der Waals surface area contributed by atoms with Crippen LogP contribution in [0.5, 0.6) is 0 Å². The Bertz CT molecular complexity index is 2610. The Balaban J connectivity index is 1.14. The fourth-order valence-electron chi connectivity index (χ4n) is 7.11. The molecule has 0 aliphatic rings. The van der Waals surface area contributed by atoms with Gasteiger partial charge in [-0.3, -0.25) is 0 Å². The summed E-state index contributed by atoms with van der Waals surface area (Å²) < 4.78 is 2.35. The van der Waals surface area contributed by atoms with Gasteiger partial charge in [-0.05, 0) is 84.3 Å². The van der Waals surface area contributed by atoms with E-state index in [0.717, 1.165) is 50.5 Å². The highest BCUT2D eigenvalue weighted by atomic mass is 15.1. The molecule has 2 aromatic heterocycles. The zero-order valence-electron chi connectivity index (χ0n) is 29.6. The lowest BCUT2D eigenvalue weighted by Gasteiger charge is -2.26. The van der Waals surface area contributed by atoms with E-state index in [1.807, 2.05) is 60.7 Å². The molecule has 0 spiro atoms. The average Bonchev–Trinajstić information content (AvgIpc) is 3.56. The van der Waals surface area contributed by atoms with E-state index in [1.165, 1.54) is 16.3 Å². The fourth-order valence-corrected chi connectivity index (χ4v) is 7.11. The average molecular weight is 684 g/mol. The molecule has 5 heteroatoms. The van der Waals surface area contributed by atoms with E-state index >= 15 is 0 Å².